The molecule has 4 aromatic heterocycles. The Morgan fingerprint density at radius 1 is 1.08 bits per heavy atom. The summed E-state index contributed by atoms with van der Waals surface area (Å²) >= 11 is 0. The number of nitrogens with one attached hydrogen (secondary N) is 1. The fourth-order valence-electron chi connectivity index (χ4n) is 4.32. The van der Waals surface area contributed by atoms with Crippen molar-refractivity contribution in [2.45, 2.75) is 37.7 Å². The van der Waals surface area contributed by atoms with Crippen LogP contribution in [0.3, 0.4) is 0 Å². The topological polar surface area (TPSA) is 141 Å². The third kappa shape index (κ3) is 4.34. The molecule has 1 unspecified atom stereocenters. The van der Waals surface area contributed by atoms with E-state index < -0.39 is 10.0 Å². The van der Waals surface area contributed by atoms with Crippen molar-refractivity contribution in [3.05, 3.63) is 78.6 Å². The van der Waals surface area contributed by atoms with E-state index in [1.54, 1.807) is 18.5 Å². The Balaban J connectivity index is 1.31. The molecule has 5 aromatic rings. The summed E-state index contributed by atoms with van der Waals surface area (Å²) in [5.74, 6) is 1.91. The van der Waals surface area contributed by atoms with E-state index in [0.717, 1.165) is 15.2 Å². The van der Waals surface area contributed by atoms with Gasteiger partial charge in [0.25, 0.3) is 10.0 Å². The Morgan fingerprint density at radius 2 is 1.89 bits per heavy atom. The van der Waals surface area contributed by atoms with Crippen LogP contribution in [0.5, 0.6) is 0 Å². The van der Waals surface area contributed by atoms with Crippen molar-refractivity contribution in [2.24, 2.45) is 0 Å². The summed E-state index contributed by atoms with van der Waals surface area (Å²) in [4.78, 5) is 17.8. The van der Waals surface area contributed by atoms with Gasteiger partial charge in [-0.25, -0.2) is 28.4 Å². The molecule has 1 atom stereocenters. The number of anilines is 2. The number of aromatic nitrogens is 7. The van der Waals surface area contributed by atoms with Crippen molar-refractivity contribution in [3.63, 3.8) is 0 Å². The Morgan fingerprint density at radius 3 is 2.65 bits per heavy atom. The summed E-state index contributed by atoms with van der Waals surface area (Å²) in [6.45, 7) is 1.86. The van der Waals surface area contributed by atoms with Gasteiger partial charge in [-0.1, -0.05) is 30.3 Å². The highest BCUT2D eigenvalue weighted by Crippen LogP contribution is 2.31. The molecule has 1 saturated carbocycles. The molecule has 6 rings (SSSR count). The molecule has 1 aliphatic carbocycles. The first kappa shape index (κ1) is 23.3. The fraction of sp³-hybridized carbons (Fsp3) is 0.240. The van der Waals surface area contributed by atoms with Crippen LogP contribution < -0.4 is 5.32 Å². The van der Waals surface area contributed by atoms with Gasteiger partial charge in [0.15, 0.2) is 5.82 Å². The summed E-state index contributed by atoms with van der Waals surface area (Å²) in [6, 6.07) is 13.5. The van der Waals surface area contributed by atoms with Crippen LogP contribution in [-0.4, -0.2) is 52.5 Å². The van der Waals surface area contributed by atoms with Crippen LogP contribution in [0.2, 0.25) is 0 Å². The fourth-order valence-corrected chi connectivity index (χ4v) is 5.79. The largest absolute Gasteiger partial charge is 0.388 e. The quantitative estimate of drug-likeness (QED) is 0.318. The highest BCUT2D eigenvalue weighted by atomic mass is 32.2. The zero-order valence-corrected chi connectivity index (χ0v) is 20.7. The van der Waals surface area contributed by atoms with Crippen LogP contribution in [0.15, 0.2) is 67.3 Å². The highest BCUT2D eigenvalue weighted by Gasteiger charge is 2.37. The zero-order valence-electron chi connectivity index (χ0n) is 19.9. The molecule has 0 aliphatic heterocycles. The van der Waals surface area contributed by atoms with Crippen molar-refractivity contribution in [1.82, 2.24) is 33.7 Å². The lowest BCUT2D eigenvalue weighted by molar-refractivity contribution is 0.264. The molecule has 1 aliphatic rings. The van der Waals surface area contributed by atoms with Crippen molar-refractivity contribution < 1.29 is 13.5 Å². The van der Waals surface area contributed by atoms with Crippen molar-refractivity contribution in [1.29, 1.82) is 0 Å². The number of aliphatic hydroxyl groups is 1. The molecule has 188 valence electrons. The predicted molar refractivity (Wildman–Crippen MR) is 138 cm³/mol. The van der Waals surface area contributed by atoms with E-state index in [4.69, 9.17) is 0 Å². The lowest BCUT2D eigenvalue weighted by atomic mass is 10.1. The molecule has 1 aromatic carbocycles. The summed E-state index contributed by atoms with van der Waals surface area (Å²) in [5, 5.41) is 16.8. The van der Waals surface area contributed by atoms with Gasteiger partial charge in [0, 0.05) is 12.3 Å². The number of hydrogen-bond acceptors (Lipinski definition) is 9. The van der Waals surface area contributed by atoms with Crippen LogP contribution in [-0.2, 0) is 16.6 Å². The van der Waals surface area contributed by atoms with Gasteiger partial charge < -0.3 is 15.0 Å². The van der Waals surface area contributed by atoms with E-state index >= 15 is 0 Å². The Bertz CT molecular complexity index is 1690. The second kappa shape index (κ2) is 9.05. The highest BCUT2D eigenvalue weighted by molar-refractivity contribution is 7.90. The van der Waals surface area contributed by atoms with Crippen molar-refractivity contribution in [2.75, 3.05) is 5.32 Å². The number of nitrogens with zero attached hydrogens (tertiary/aromatic N) is 7. The van der Waals surface area contributed by atoms with Crippen LogP contribution >= 0.6 is 0 Å². The SMILES string of the molecule is CC(c1ccccc1)n1c(CO)nc2cnc(Nc3ccnc(-c4cnn(S(=O)(=O)C5CC5)c4)n3)cc21. The third-order valence-corrected chi connectivity index (χ3v) is 8.43. The van der Waals surface area contributed by atoms with Gasteiger partial charge in [0.05, 0.1) is 41.0 Å². The molecule has 12 heteroatoms. The first-order valence-electron chi connectivity index (χ1n) is 11.9. The lowest BCUT2D eigenvalue weighted by Gasteiger charge is -2.17. The average Bonchev–Trinajstić information content (AvgIpc) is 3.55. The third-order valence-electron chi connectivity index (χ3n) is 6.40. The zero-order chi connectivity index (χ0) is 25.6. The van der Waals surface area contributed by atoms with Crippen molar-refractivity contribution >= 4 is 32.7 Å². The van der Waals surface area contributed by atoms with Gasteiger partial charge >= 0.3 is 0 Å². The molecular weight excluding hydrogens is 492 g/mol. The predicted octanol–water partition coefficient (Wildman–Crippen LogP) is 3.27. The lowest BCUT2D eigenvalue weighted by Crippen LogP contribution is -2.17. The van der Waals surface area contributed by atoms with E-state index in [0.29, 0.717) is 47.2 Å². The van der Waals surface area contributed by atoms with Crippen LogP contribution in [0.25, 0.3) is 22.4 Å². The van der Waals surface area contributed by atoms with Crippen LogP contribution in [0, 0.1) is 0 Å². The first-order valence-corrected chi connectivity index (χ1v) is 13.4. The second-order valence-corrected chi connectivity index (χ2v) is 11.0. The number of rotatable bonds is 8. The normalized spacial score (nSPS) is 14.6. The maximum atomic E-state index is 12.5. The van der Waals surface area contributed by atoms with E-state index in [1.807, 2.05) is 41.0 Å². The standard InChI is InChI=1S/C25H24N8O3S/c1-16(17-5-3-2-4-6-17)33-21-11-23(27-13-20(21)29-24(33)15-34)30-22-9-10-26-25(31-22)18-12-28-32(14-18)37(35,36)19-7-8-19/h2-6,9-14,16,19,34H,7-8,15H2,1H3,(H,26,27,30,31). The summed E-state index contributed by atoms with van der Waals surface area (Å²) < 4.78 is 27.9. The molecule has 4 heterocycles. The molecule has 0 saturated heterocycles. The van der Waals surface area contributed by atoms with Crippen molar-refractivity contribution in [3.8, 4) is 11.4 Å². The van der Waals surface area contributed by atoms with Gasteiger partial charge in [-0.05, 0) is 31.4 Å². The van der Waals surface area contributed by atoms with Gasteiger partial charge in [0.2, 0.25) is 0 Å². The van der Waals surface area contributed by atoms with Crippen LogP contribution in [0.4, 0.5) is 11.6 Å². The molecule has 0 bridgehead atoms. The van der Waals surface area contributed by atoms with Gasteiger partial charge in [-0.15, -0.1) is 0 Å². The number of aliphatic hydroxyl groups excluding tert-OH is 1. The summed E-state index contributed by atoms with van der Waals surface area (Å²) in [6.07, 6.45) is 7.45. The van der Waals surface area contributed by atoms with Gasteiger partial charge in [-0.2, -0.15) is 9.19 Å². The number of benzene rings is 1. The maximum Gasteiger partial charge on any atom is 0.256 e. The average molecular weight is 517 g/mol. The van der Waals surface area contributed by atoms with Gasteiger partial charge in [0.1, 0.15) is 29.6 Å². The summed E-state index contributed by atoms with van der Waals surface area (Å²) in [5.41, 5.74) is 3.08. The van der Waals surface area contributed by atoms with E-state index in [2.05, 4.69) is 37.3 Å². The number of fused-ring (bicyclic) bond motifs is 1. The minimum absolute atomic E-state index is 0.0577. The number of hydrogen-bond donors (Lipinski definition) is 2. The molecular formula is C25H24N8O3S. The van der Waals surface area contributed by atoms with Crippen LogP contribution in [0.1, 0.15) is 37.2 Å². The minimum Gasteiger partial charge on any atom is -0.388 e. The number of pyridine rings is 1. The first-order chi connectivity index (χ1) is 17.9. The Labute approximate surface area is 212 Å². The minimum atomic E-state index is -3.47. The maximum absolute atomic E-state index is 12.5. The molecule has 0 radical (unpaired) electrons. The van der Waals surface area contributed by atoms with E-state index in [-0.39, 0.29) is 17.9 Å². The number of imidazole rings is 1. The van der Waals surface area contributed by atoms with Gasteiger partial charge in [-0.3, -0.25) is 0 Å². The monoisotopic (exact) mass is 516 g/mol. The molecule has 0 spiro atoms. The molecule has 1 fully saturated rings. The van der Waals surface area contributed by atoms with E-state index in [9.17, 15) is 13.5 Å². The molecule has 11 nitrogen and oxygen atoms in total. The Hall–Kier alpha value is -4.16. The second-order valence-electron chi connectivity index (χ2n) is 8.94. The van der Waals surface area contributed by atoms with E-state index in [1.165, 1.54) is 12.4 Å². The molecule has 0 amide bonds. The summed E-state index contributed by atoms with van der Waals surface area (Å²) in [7, 11) is -3.47. The Kier molecular flexibility index (Phi) is 5.69. The smallest absolute Gasteiger partial charge is 0.256 e. The molecule has 2 N–H and O–H groups in total. The molecule has 37 heavy (non-hydrogen) atoms.